The van der Waals surface area contributed by atoms with Crippen LogP contribution in [0.3, 0.4) is 0 Å². The predicted octanol–water partition coefficient (Wildman–Crippen LogP) is 2.40. The summed E-state index contributed by atoms with van der Waals surface area (Å²) in [6, 6.07) is 7.99. The zero-order valence-corrected chi connectivity index (χ0v) is 8.86. The van der Waals surface area contributed by atoms with Crippen LogP contribution in [0.1, 0.15) is 25.8 Å². The van der Waals surface area contributed by atoms with E-state index in [4.69, 9.17) is 4.74 Å². The molecule has 1 aromatic carbocycles. The Morgan fingerprint density at radius 3 is 2.36 bits per heavy atom. The zero-order valence-electron chi connectivity index (χ0n) is 8.86. The zero-order chi connectivity index (χ0) is 10.4. The molecule has 1 atom stereocenters. The Balaban J connectivity index is 2.43. The van der Waals surface area contributed by atoms with Crippen molar-refractivity contribution in [2.45, 2.75) is 32.8 Å². The molecule has 14 heavy (non-hydrogen) atoms. The van der Waals surface area contributed by atoms with Gasteiger partial charge in [-0.25, -0.2) is 0 Å². The van der Waals surface area contributed by atoms with Crippen LogP contribution in [0.15, 0.2) is 24.3 Å². The van der Waals surface area contributed by atoms with Crippen molar-refractivity contribution < 1.29 is 9.84 Å². The first-order valence-electron chi connectivity index (χ1n) is 5.16. The molecule has 0 aliphatic rings. The van der Waals surface area contributed by atoms with Gasteiger partial charge in [0, 0.05) is 0 Å². The summed E-state index contributed by atoms with van der Waals surface area (Å²) < 4.78 is 5.41. The minimum atomic E-state index is -0.360. The van der Waals surface area contributed by atoms with Crippen molar-refractivity contribution in [1.82, 2.24) is 0 Å². The molecule has 0 aliphatic heterocycles. The normalized spacial score (nSPS) is 12.5. The molecule has 0 aromatic heterocycles. The van der Waals surface area contributed by atoms with Crippen LogP contribution in [0.25, 0.3) is 0 Å². The number of rotatable bonds is 5. The summed E-state index contributed by atoms with van der Waals surface area (Å²) in [5.41, 5.74) is 1.30. The van der Waals surface area contributed by atoms with Crippen LogP contribution >= 0.6 is 0 Å². The first kappa shape index (κ1) is 11.1. The van der Waals surface area contributed by atoms with Crippen molar-refractivity contribution in [3.63, 3.8) is 0 Å². The largest absolute Gasteiger partial charge is 0.491 e. The van der Waals surface area contributed by atoms with Crippen LogP contribution in [-0.2, 0) is 6.42 Å². The molecule has 0 radical (unpaired) electrons. The molecule has 0 spiro atoms. The van der Waals surface area contributed by atoms with Crippen LogP contribution in [-0.4, -0.2) is 17.8 Å². The topological polar surface area (TPSA) is 29.5 Å². The maximum Gasteiger partial charge on any atom is 0.119 e. The van der Waals surface area contributed by atoms with E-state index >= 15 is 0 Å². The quantitative estimate of drug-likeness (QED) is 0.780. The van der Waals surface area contributed by atoms with Gasteiger partial charge in [0.25, 0.3) is 0 Å². The highest BCUT2D eigenvalue weighted by molar-refractivity contribution is 5.27. The van der Waals surface area contributed by atoms with Gasteiger partial charge < -0.3 is 9.84 Å². The summed E-state index contributed by atoms with van der Waals surface area (Å²) >= 11 is 0. The van der Waals surface area contributed by atoms with Gasteiger partial charge in [-0.15, -0.1) is 0 Å². The lowest BCUT2D eigenvalue weighted by Crippen LogP contribution is -2.15. The fraction of sp³-hybridized carbons (Fsp3) is 0.500. The second-order valence-electron chi connectivity index (χ2n) is 3.37. The molecule has 2 nitrogen and oxygen atoms in total. The van der Waals surface area contributed by atoms with Gasteiger partial charge in [0.1, 0.15) is 12.4 Å². The van der Waals surface area contributed by atoms with E-state index in [2.05, 4.69) is 6.92 Å². The van der Waals surface area contributed by atoms with Gasteiger partial charge in [0.05, 0.1) is 6.10 Å². The molecule has 1 aromatic rings. The minimum absolute atomic E-state index is 0.360. The number of ether oxygens (including phenoxy) is 1. The summed E-state index contributed by atoms with van der Waals surface area (Å²) in [7, 11) is 0. The van der Waals surface area contributed by atoms with E-state index in [0.29, 0.717) is 6.61 Å². The van der Waals surface area contributed by atoms with E-state index in [1.165, 1.54) is 5.56 Å². The van der Waals surface area contributed by atoms with Crippen LogP contribution < -0.4 is 4.74 Å². The Hall–Kier alpha value is -1.02. The highest BCUT2D eigenvalue weighted by Gasteiger charge is 2.01. The molecule has 0 aliphatic carbocycles. The third kappa shape index (κ3) is 3.38. The molecule has 1 rings (SSSR count). The monoisotopic (exact) mass is 194 g/mol. The maximum atomic E-state index is 9.30. The lowest BCUT2D eigenvalue weighted by Gasteiger charge is -2.10. The first-order chi connectivity index (χ1) is 6.76. The van der Waals surface area contributed by atoms with Gasteiger partial charge in [0.2, 0.25) is 0 Å². The van der Waals surface area contributed by atoms with Crippen molar-refractivity contribution in [1.29, 1.82) is 0 Å². The Morgan fingerprint density at radius 1 is 1.21 bits per heavy atom. The van der Waals surface area contributed by atoms with Gasteiger partial charge in [-0.1, -0.05) is 26.0 Å². The average Bonchev–Trinajstić information content (AvgIpc) is 2.26. The number of hydrogen-bond donors (Lipinski definition) is 1. The summed E-state index contributed by atoms with van der Waals surface area (Å²) in [6.07, 6.45) is 1.41. The summed E-state index contributed by atoms with van der Waals surface area (Å²) in [5.74, 6) is 0.828. The SMILES string of the molecule is CCc1ccc(OC[C@@H](O)CC)cc1. The molecule has 78 valence electrons. The fourth-order valence-electron chi connectivity index (χ4n) is 1.13. The number of aliphatic hydroxyl groups excluding tert-OH is 1. The molecule has 0 saturated carbocycles. The van der Waals surface area contributed by atoms with E-state index < -0.39 is 0 Å². The lowest BCUT2D eigenvalue weighted by atomic mass is 10.2. The smallest absolute Gasteiger partial charge is 0.119 e. The standard InChI is InChI=1S/C12H18O2/c1-3-10-5-7-12(8-6-10)14-9-11(13)4-2/h5-8,11,13H,3-4,9H2,1-2H3/t11-/m0/s1. The number of benzene rings is 1. The maximum absolute atomic E-state index is 9.30. The Labute approximate surface area is 85.5 Å². The summed E-state index contributed by atoms with van der Waals surface area (Å²) in [6.45, 7) is 4.44. The Kier molecular flexibility index (Phi) is 4.47. The fourth-order valence-corrected chi connectivity index (χ4v) is 1.13. The second kappa shape index (κ2) is 5.66. The molecular formula is C12H18O2. The van der Waals surface area contributed by atoms with E-state index in [1.54, 1.807) is 0 Å². The molecule has 0 saturated heterocycles. The number of hydrogen-bond acceptors (Lipinski definition) is 2. The minimum Gasteiger partial charge on any atom is -0.491 e. The van der Waals surface area contributed by atoms with Gasteiger partial charge >= 0.3 is 0 Å². The van der Waals surface area contributed by atoms with E-state index in [1.807, 2.05) is 31.2 Å². The van der Waals surface area contributed by atoms with E-state index in [9.17, 15) is 5.11 Å². The molecule has 0 fully saturated rings. The van der Waals surface area contributed by atoms with Crippen LogP contribution in [0.5, 0.6) is 5.75 Å². The van der Waals surface area contributed by atoms with Gasteiger partial charge in [0.15, 0.2) is 0 Å². The number of aryl methyl sites for hydroxylation is 1. The summed E-state index contributed by atoms with van der Waals surface area (Å²) in [5, 5.41) is 9.30. The molecule has 0 unspecified atom stereocenters. The van der Waals surface area contributed by atoms with Crippen molar-refractivity contribution in [2.75, 3.05) is 6.61 Å². The van der Waals surface area contributed by atoms with Gasteiger partial charge in [-0.05, 0) is 30.5 Å². The molecule has 1 N–H and O–H groups in total. The number of aliphatic hydroxyl groups is 1. The first-order valence-corrected chi connectivity index (χ1v) is 5.16. The van der Waals surface area contributed by atoms with Crippen LogP contribution in [0.2, 0.25) is 0 Å². The van der Waals surface area contributed by atoms with E-state index in [-0.39, 0.29) is 6.10 Å². The van der Waals surface area contributed by atoms with Gasteiger partial charge in [-0.3, -0.25) is 0 Å². The molecule has 0 amide bonds. The summed E-state index contributed by atoms with van der Waals surface area (Å²) in [4.78, 5) is 0. The van der Waals surface area contributed by atoms with E-state index in [0.717, 1.165) is 18.6 Å². The Morgan fingerprint density at radius 2 is 1.86 bits per heavy atom. The highest BCUT2D eigenvalue weighted by Crippen LogP contribution is 2.12. The van der Waals surface area contributed by atoms with Crippen molar-refractivity contribution in [2.24, 2.45) is 0 Å². The van der Waals surface area contributed by atoms with Gasteiger partial charge in [-0.2, -0.15) is 0 Å². The molecule has 2 heteroatoms. The van der Waals surface area contributed by atoms with Crippen LogP contribution in [0.4, 0.5) is 0 Å². The molecular weight excluding hydrogens is 176 g/mol. The highest BCUT2D eigenvalue weighted by atomic mass is 16.5. The Bertz CT molecular complexity index is 254. The average molecular weight is 194 g/mol. The molecule has 0 heterocycles. The van der Waals surface area contributed by atoms with Crippen molar-refractivity contribution in [3.8, 4) is 5.75 Å². The van der Waals surface area contributed by atoms with Crippen molar-refractivity contribution in [3.05, 3.63) is 29.8 Å². The third-order valence-electron chi connectivity index (χ3n) is 2.25. The molecule has 0 bridgehead atoms. The lowest BCUT2D eigenvalue weighted by molar-refractivity contribution is 0.104. The predicted molar refractivity (Wildman–Crippen MR) is 57.6 cm³/mol. The second-order valence-corrected chi connectivity index (χ2v) is 3.37. The van der Waals surface area contributed by atoms with Crippen molar-refractivity contribution >= 4 is 0 Å². The van der Waals surface area contributed by atoms with Crippen LogP contribution in [0, 0.1) is 0 Å². The third-order valence-corrected chi connectivity index (χ3v) is 2.25.